The monoisotopic (exact) mass is 233 g/mol. The van der Waals surface area contributed by atoms with Crippen molar-refractivity contribution in [2.24, 2.45) is 11.8 Å². The van der Waals surface area contributed by atoms with Crippen LogP contribution in [0.4, 0.5) is 0 Å². The third kappa shape index (κ3) is 4.49. The summed E-state index contributed by atoms with van der Waals surface area (Å²) in [6.45, 7) is 4.01. The van der Waals surface area contributed by atoms with Gasteiger partial charge in [-0.2, -0.15) is 0 Å². The zero-order chi connectivity index (χ0) is 11.9. The lowest BCUT2D eigenvalue weighted by atomic mass is 9.83. The first kappa shape index (κ1) is 12.6. The van der Waals surface area contributed by atoms with Crippen molar-refractivity contribution < 1.29 is 4.84 Å². The quantitative estimate of drug-likeness (QED) is 0.620. The third-order valence-corrected chi connectivity index (χ3v) is 3.69. The van der Waals surface area contributed by atoms with Crippen molar-refractivity contribution in [3.63, 3.8) is 0 Å². The van der Waals surface area contributed by atoms with Crippen LogP contribution in [-0.4, -0.2) is 6.54 Å². The average molecular weight is 233 g/mol. The highest BCUT2D eigenvalue weighted by Gasteiger charge is 2.17. The number of hydrogen-bond acceptors (Lipinski definition) is 2. The van der Waals surface area contributed by atoms with Crippen LogP contribution in [0.1, 0.15) is 38.2 Å². The Bertz CT molecular complexity index is 304. The van der Waals surface area contributed by atoms with E-state index in [1.807, 2.05) is 18.2 Å². The molecule has 94 valence electrons. The predicted molar refractivity (Wildman–Crippen MR) is 70.4 cm³/mol. The maximum Gasteiger partial charge on any atom is 0.0933 e. The lowest BCUT2D eigenvalue weighted by molar-refractivity contribution is 0.0152. The summed E-state index contributed by atoms with van der Waals surface area (Å²) in [5, 5.41) is 0. The molecule has 0 unspecified atom stereocenters. The topological polar surface area (TPSA) is 21.3 Å². The van der Waals surface area contributed by atoms with Crippen LogP contribution in [0.5, 0.6) is 0 Å². The van der Waals surface area contributed by atoms with Gasteiger partial charge < -0.3 is 0 Å². The maximum absolute atomic E-state index is 5.50. The Labute approximate surface area is 104 Å². The molecule has 0 heterocycles. The Morgan fingerprint density at radius 2 is 1.82 bits per heavy atom. The van der Waals surface area contributed by atoms with Gasteiger partial charge in [-0.1, -0.05) is 50.1 Å². The van der Waals surface area contributed by atoms with E-state index >= 15 is 0 Å². The van der Waals surface area contributed by atoms with Crippen LogP contribution in [0.2, 0.25) is 0 Å². The summed E-state index contributed by atoms with van der Waals surface area (Å²) in [7, 11) is 0. The smallest absolute Gasteiger partial charge is 0.0933 e. The number of rotatable bonds is 5. The van der Waals surface area contributed by atoms with Gasteiger partial charge in [0.25, 0.3) is 0 Å². The van der Waals surface area contributed by atoms with Crippen molar-refractivity contribution in [1.29, 1.82) is 0 Å². The summed E-state index contributed by atoms with van der Waals surface area (Å²) in [4.78, 5) is 5.50. The molecule has 1 aliphatic rings. The fraction of sp³-hybridized carbons (Fsp3) is 0.600. The minimum Gasteiger partial charge on any atom is -0.297 e. The first-order chi connectivity index (χ1) is 8.34. The van der Waals surface area contributed by atoms with E-state index in [2.05, 4.69) is 24.5 Å². The highest BCUT2D eigenvalue weighted by Crippen LogP contribution is 2.27. The molecule has 1 saturated carbocycles. The molecular formula is C15H23NO. The Morgan fingerprint density at radius 3 is 2.53 bits per heavy atom. The van der Waals surface area contributed by atoms with E-state index in [0.717, 1.165) is 18.4 Å². The Balaban J connectivity index is 1.57. The van der Waals surface area contributed by atoms with E-state index in [4.69, 9.17) is 4.84 Å². The predicted octanol–water partition coefficient (Wildman–Crippen LogP) is 3.53. The molecule has 1 aromatic rings. The summed E-state index contributed by atoms with van der Waals surface area (Å²) >= 11 is 0. The first-order valence-electron chi connectivity index (χ1n) is 6.73. The third-order valence-electron chi connectivity index (χ3n) is 3.69. The van der Waals surface area contributed by atoms with Gasteiger partial charge >= 0.3 is 0 Å². The van der Waals surface area contributed by atoms with Gasteiger partial charge in [-0.3, -0.25) is 4.84 Å². The normalized spacial score (nSPS) is 24.8. The molecule has 0 bridgehead atoms. The molecule has 2 rings (SSSR count). The van der Waals surface area contributed by atoms with Gasteiger partial charge in [-0.15, -0.1) is 0 Å². The van der Waals surface area contributed by atoms with Gasteiger partial charge in [0.15, 0.2) is 0 Å². The fourth-order valence-electron chi connectivity index (χ4n) is 2.42. The molecular weight excluding hydrogens is 210 g/mol. The van der Waals surface area contributed by atoms with Crippen LogP contribution in [0, 0.1) is 11.8 Å². The minimum atomic E-state index is 0.657. The second kappa shape index (κ2) is 6.77. The number of benzene rings is 1. The van der Waals surface area contributed by atoms with E-state index in [-0.39, 0.29) is 0 Å². The molecule has 0 saturated heterocycles. The Morgan fingerprint density at radius 1 is 1.12 bits per heavy atom. The molecule has 0 aromatic heterocycles. The largest absolute Gasteiger partial charge is 0.297 e. The molecule has 0 aliphatic heterocycles. The van der Waals surface area contributed by atoms with E-state index in [1.165, 1.54) is 31.2 Å². The summed E-state index contributed by atoms with van der Waals surface area (Å²) in [5.74, 6) is 1.73. The summed E-state index contributed by atoms with van der Waals surface area (Å²) < 4.78 is 0. The standard InChI is InChI=1S/C15H23NO/c1-13-7-9-14(10-8-13)11-16-17-12-15-5-3-2-4-6-15/h2-6,13-14,16H,7-12H2,1H3. The lowest BCUT2D eigenvalue weighted by Crippen LogP contribution is -2.26. The molecule has 0 atom stereocenters. The van der Waals surface area contributed by atoms with Crippen molar-refractivity contribution in [2.45, 2.75) is 39.2 Å². The highest BCUT2D eigenvalue weighted by molar-refractivity contribution is 5.13. The summed E-state index contributed by atoms with van der Waals surface area (Å²) in [6, 6.07) is 10.3. The van der Waals surface area contributed by atoms with Gasteiger partial charge in [-0.05, 0) is 30.2 Å². The minimum absolute atomic E-state index is 0.657. The van der Waals surface area contributed by atoms with Crippen LogP contribution in [-0.2, 0) is 11.4 Å². The van der Waals surface area contributed by atoms with Crippen LogP contribution < -0.4 is 5.48 Å². The van der Waals surface area contributed by atoms with Crippen LogP contribution in [0.25, 0.3) is 0 Å². The van der Waals surface area contributed by atoms with E-state index < -0.39 is 0 Å². The lowest BCUT2D eigenvalue weighted by Gasteiger charge is -2.26. The van der Waals surface area contributed by atoms with Crippen LogP contribution in [0.15, 0.2) is 30.3 Å². The van der Waals surface area contributed by atoms with Gasteiger partial charge in [0.05, 0.1) is 6.61 Å². The molecule has 0 amide bonds. The summed E-state index contributed by atoms with van der Waals surface area (Å²) in [5.41, 5.74) is 4.34. The molecule has 0 spiro atoms. The molecule has 1 aliphatic carbocycles. The van der Waals surface area contributed by atoms with Gasteiger partial charge in [0.1, 0.15) is 0 Å². The van der Waals surface area contributed by atoms with Crippen molar-refractivity contribution in [3.05, 3.63) is 35.9 Å². The molecule has 1 N–H and O–H groups in total. The maximum atomic E-state index is 5.50. The number of nitrogens with one attached hydrogen (secondary N) is 1. The van der Waals surface area contributed by atoms with Crippen molar-refractivity contribution in [1.82, 2.24) is 5.48 Å². The molecule has 1 aromatic carbocycles. The van der Waals surface area contributed by atoms with Gasteiger partial charge in [0.2, 0.25) is 0 Å². The molecule has 1 fully saturated rings. The SMILES string of the molecule is CC1CCC(CNOCc2ccccc2)CC1. The van der Waals surface area contributed by atoms with E-state index in [1.54, 1.807) is 0 Å². The average Bonchev–Trinajstić information content (AvgIpc) is 2.38. The Hall–Kier alpha value is -0.860. The summed E-state index contributed by atoms with van der Waals surface area (Å²) in [6.07, 6.45) is 5.46. The number of hydroxylamine groups is 1. The Kier molecular flexibility index (Phi) is 5.02. The van der Waals surface area contributed by atoms with E-state index in [0.29, 0.717) is 6.61 Å². The molecule has 2 heteroatoms. The highest BCUT2D eigenvalue weighted by atomic mass is 16.6. The van der Waals surface area contributed by atoms with Crippen LogP contribution >= 0.6 is 0 Å². The zero-order valence-corrected chi connectivity index (χ0v) is 10.7. The zero-order valence-electron chi connectivity index (χ0n) is 10.7. The van der Waals surface area contributed by atoms with Crippen molar-refractivity contribution >= 4 is 0 Å². The number of hydrogen-bond donors (Lipinski definition) is 1. The second-order valence-electron chi connectivity index (χ2n) is 5.25. The van der Waals surface area contributed by atoms with Gasteiger partial charge in [-0.25, -0.2) is 5.48 Å². The van der Waals surface area contributed by atoms with Crippen molar-refractivity contribution in [3.8, 4) is 0 Å². The molecule has 0 radical (unpaired) electrons. The fourth-order valence-corrected chi connectivity index (χ4v) is 2.42. The van der Waals surface area contributed by atoms with Crippen LogP contribution in [0.3, 0.4) is 0 Å². The first-order valence-corrected chi connectivity index (χ1v) is 6.73. The van der Waals surface area contributed by atoms with Crippen molar-refractivity contribution in [2.75, 3.05) is 6.54 Å². The van der Waals surface area contributed by atoms with E-state index in [9.17, 15) is 0 Å². The van der Waals surface area contributed by atoms with Gasteiger partial charge in [0, 0.05) is 6.54 Å². The molecule has 2 nitrogen and oxygen atoms in total. The molecule has 17 heavy (non-hydrogen) atoms. The second-order valence-corrected chi connectivity index (χ2v) is 5.25.